The fourth-order valence-corrected chi connectivity index (χ4v) is 1.93. The number of pyridine rings is 1. The van der Waals surface area contributed by atoms with Crippen molar-refractivity contribution in [2.75, 3.05) is 7.05 Å². The van der Waals surface area contributed by atoms with Crippen molar-refractivity contribution < 1.29 is 4.74 Å². The second-order valence-electron chi connectivity index (χ2n) is 4.21. The average Bonchev–Trinajstić information content (AvgIpc) is 2.43. The predicted molar refractivity (Wildman–Crippen MR) is 77.9 cm³/mol. The molecule has 0 spiro atoms. The van der Waals surface area contributed by atoms with Crippen molar-refractivity contribution in [2.45, 2.75) is 19.9 Å². The molecule has 0 fully saturated rings. The van der Waals surface area contributed by atoms with Gasteiger partial charge in [-0.3, -0.25) is 0 Å². The third-order valence-electron chi connectivity index (χ3n) is 2.77. The van der Waals surface area contributed by atoms with E-state index in [0.717, 1.165) is 17.9 Å². The Morgan fingerprint density at radius 3 is 2.84 bits per heavy atom. The number of benzene rings is 1. The Bertz CT molecular complexity index is 558. The Kier molecular flexibility index (Phi) is 4.77. The van der Waals surface area contributed by atoms with E-state index in [1.54, 1.807) is 12.1 Å². The van der Waals surface area contributed by atoms with Gasteiger partial charge in [-0.2, -0.15) is 0 Å². The van der Waals surface area contributed by atoms with Crippen LogP contribution in [0.2, 0.25) is 5.02 Å². The van der Waals surface area contributed by atoms with Crippen molar-refractivity contribution in [3.05, 3.63) is 52.7 Å². The number of rotatable bonds is 5. The molecule has 0 unspecified atom stereocenters. The second-order valence-corrected chi connectivity index (χ2v) is 4.62. The highest BCUT2D eigenvalue weighted by Gasteiger charge is 2.05. The summed E-state index contributed by atoms with van der Waals surface area (Å²) in [5.74, 6) is 1.35. The first kappa shape index (κ1) is 13.8. The zero-order valence-corrected chi connectivity index (χ0v) is 11.9. The van der Waals surface area contributed by atoms with E-state index in [-0.39, 0.29) is 0 Å². The lowest BCUT2D eigenvalue weighted by molar-refractivity contribution is 0.459. The first-order valence-corrected chi connectivity index (χ1v) is 6.67. The van der Waals surface area contributed by atoms with Crippen LogP contribution < -0.4 is 10.1 Å². The maximum absolute atomic E-state index is 6.07. The van der Waals surface area contributed by atoms with E-state index < -0.39 is 0 Å². The van der Waals surface area contributed by atoms with Gasteiger partial charge in [-0.05, 0) is 37.2 Å². The Morgan fingerprint density at radius 2 is 2.11 bits per heavy atom. The van der Waals surface area contributed by atoms with Crippen LogP contribution >= 0.6 is 11.6 Å². The summed E-state index contributed by atoms with van der Waals surface area (Å²) in [6.07, 6.45) is 0.982. The summed E-state index contributed by atoms with van der Waals surface area (Å²) >= 11 is 6.07. The van der Waals surface area contributed by atoms with Gasteiger partial charge in [0.1, 0.15) is 5.75 Å². The fraction of sp³-hybridized carbons (Fsp3) is 0.267. The van der Waals surface area contributed by atoms with Gasteiger partial charge in [-0.15, -0.1) is 0 Å². The summed E-state index contributed by atoms with van der Waals surface area (Å²) < 4.78 is 5.77. The van der Waals surface area contributed by atoms with Gasteiger partial charge in [-0.25, -0.2) is 4.98 Å². The molecule has 1 aromatic carbocycles. The minimum Gasteiger partial charge on any atom is -0.439 e. The molecule has 0 aliphatic heterocycles. The van der Waals surface area contributed by atoms with Crippen LogP contribution in [0.1, 0.15) is 18.2 Å². The summed E-state index contributed by atoms with van der Waals surface area (Å²) in [6, 6.07) is 11.6. The molecule has 0 radical (unpaired) electrons. The molecule has 2 rings (SSSR count). The third-order valence-corrected chi connectivity index (χ3v) is 3.11. The number of nitrogens with one attached hydrogen (secondary N) is 1. The zero-order valence-electron chi connectivity index (χ0n) is 11.1. The summed E-state index contributed by atoms with van der Waals surface area (Å²) in [6.45, 7) is 2.73. The van der Waals surface area contributed by atoms with Crippen LogP contribution in [0.25, 0.3) is 0 Å². The standard InChI is InChI=1S/C15H17ClN2O/c1-3-11-5-4-6-12(9-11)19-15-8-7-13(16)14(18-15)10-17-2/h4-9,17H,3,10H2,1-2H3. The van der Waals surface area contributed by atoms with Crippen molar-refractivity contribution in [3.63, 3.8) is 0 Å². The average molecular weight is 277 g/mol. The van der Waals surface area contributed by atoms with Crippen LogP contribution in [0.4, 0.5) is 0 Å². The van der Waals surface area contributed by atoms with Crippen molar-refractivity contribution in [3.8, 4) is 11.6 Å². The summed E-state index contributed by atoms with van der Waals surface area (Å²) in [4.78, 5) is 4.40. The SMILES string of the molecule is CCc1cccc(Oc2ccc(Cl)c(CNC)n2)c1. The molecule has 2 aromatic rings. The van der Waals surface area contributed by atoms with Crippen molar-refractivity contribution in [2.24, 2.45) is 0 Å². The Balaban J connectivity index is 2.20. The fourth-order valence-electron chi connectivity index (χ4n) is 1.76. The second kappa shape index (κ2) is 6.55. The first-order valence-electron chi connectivity index (χ1n) is 6.29. The van der Waals surface area contributed by atoms with E-state index in [2.05, 4.69) is 23.3 Å². The number of nitrogens with zero attached hydrogens (tertiary/aromatic N) is 1. The molecule has 1 N–H and O–H groups in total. The molecule has 4 heteroatoms. The van der Waals surface area contributed by atoms with Gasteiger partial charge in [-0.1, -0.05) is 30.7 Å². The van der Waals surface area contributed by atoms with Crippen LogP contribution in [-0.4, -0.2) is 12.0 Å². The van der Waals surface area contributed by atoms with E-state index in [1.807, 2.05) is 25.2 Å². The molecule has 0 saturated carbocycles. The Labute approximate surface area is 118 Å². The smallest absolute Gasteiger partial charge is 0.219 e. The van der Waals surface area contributed by atoms with Gasteiger partial charge >= 0.3 is 0 Å². The topological polar surface area (TPSA) is 34.1 Å². The summed E-state index contributed by atoms with van der Waals surface area (Å²) in [7, 11) is 1.86. The number of hydrogen-bond donors (Lipinski definition) is 1. The molecular weight excluding hydrogens is 260 g/mol. The molecule has 1 aromatic heterocycles. The molecular formula is C15H17ClN2O. The molecule has 100 valence electrons. The third kappa shape index (κ3) is 3.69. The lowest BCUT2D eigenvalue weighted by Gasteiger charge is -2.09. The molecule has 0 bridgehead atoms. The van der Waals surface area contributed by atoms with E-state index in [9.17, 15) is 0 Å². The molecule has 0 aliphatic rings. The van der Waals surface area contributed by atoms with Crippen molar-refractivity contribution >= 4 is 11.6 Å². The predicted octanol–water partition coefficient (Wildman–Crippen LogP) is 3.81. The minimum absolute atomic E-state index is 0.558. The molecule has 0 amide bonds. The van der Waals surface area contributed by atoms with Crippen molar-refractivity contribution in [1.82, 2.24) is 10.3 Å². The molecule has 0 atom stereocenters. The highest BCUT2D eigenvalue weighted by molar-refractivity contribution is 6.31. The van der Waals surface area contributed by atoms with E-state index in [4.69, 9.17) is 16.3 Å². The van der Waals surface area contributed by atoms with E-state index in [1.165, 1.54) is 5.56 Å². The highest BCUT2D eigenvalue weighted by atomic mass is 35.5. The van der Waals surface area contributed by atoms with Crippen LogP contribution in [0.5, 0.6) is 11.6 Å². The normalized spacial score (nSPS) is 10.5. The molecule has 1 heterocycles. The maximum Gasteiger partial charge on any atom is 0.219 e. The van der Waals surface area contributed by atoms with Gasteiger partial charge in [0.25, 0.3) is 0 Å². The van der Waals surface area contributed by atoms with E-state index >= 15 is 0 Å². The van der Waals surface area contributed by atoms with Crippen molar-refractivity contribution in [1.29, 1.82) is 0 Å². The maximum atomic E-state index is 6.07. The first-order chi connectivity index (χ1) is 9.22. The van der Waals surface area contributed by atoms with E-state index in [0.29, 0.717) is 17.4 Å². The molecule has 0 aliphatic carbocycles. The molecule has 19 heavy (non-hydrogen) atoms. The number of aromatic nitrogens is 1. The quantitative estimate of drug-likeness (QED) is 0.902. The van der Waals surface area contributed by atoms with Crippen LogP contribution in [0.15, 0.2) is 36.4 Å². The molecule has 0 saturated heterocycles. The summed E-state index contributed by atoms with van der Waals surface area (Å²) in [5, 5.41) is 3.67. The van der Waals surface area contributed by atoms with Crippen LogP contribution in [-0.2, 0) is 13.0 Å². The zero-order chi connectivity index (χ0) is 13.7. The van der Waals surface area contributed by atoms with Gasteiger partial charge in [0, 0.05) is 12.6 Å². The van der Waals surface area contributed by atoms with Gasteiger partial charge in [0.15, 0.2) is 0 Å². The van der Waals surface area contributed by atoms with Gasteiger partial charge < -0.3 is 10.1 Å². The number of aryl methyl sites for hydroxylation is 1. The van der Waals surface area contributed by atoms with Crippen LogP contribution in [0, 0.1) is 0 Å². The Hall–Kier alpha value is -1.58. The van der Waals surface area contributed by atoms with Gasteiger partial charge in [0.05, 0.1) is 10.7 Å². The summed E-state index contributed by atoms with van der Waals surface area (Å²) in [5.41, 5.74) is 2.02. The number of ether oxygens (including phenoxy) is 1. The monoisotopic (exact) mass is 276 g/mol. The lowest BCUT2D eigenvalue weighted by atomic mass is 10.2. The van der Waals surface area contributed by atoms with Gasteiger partial charge in [0.2, 0.25) is 5.88 Å². The number of hydrogen-bond acceptors (Lipinski definition) is 3. The minimum atomic E-state index is 0.558. The molecule has 3 nitrogen and oxygen atoms in total. The number of halogens is 1. The lowest BCUT2D eigenvalue weighted by Crippen LogP contribution is -2.07. The largest absolute Gasteiger partial charge is 0.439 e. The Morgan fingerprint density at radius 1 is 1.26 bits per heavy atom. The van der Waals surface area contributed by atoms with Crippen LogP contribution in [0.3, 0.4) is 0 Å². The highest BCUT2D eigenvalue weighted by Crippen LogP contribution is 2.23.